The lowest BCUT2D eigenvalue weighted by Crippen LogP contribution is -2.60. The highest BCUT2D eigenvalue weighted by atomic mass is 35.5. The van der Waals surface area contributed by atoms with Crippen LogP contribution in [0.3, 0.4) is 0 Å². The van der Waals surface area contributed by atoms with Crippen LogP contribution in [0.4, 0.5) is 0 Å². The van der Waals surface area contributed by atoms with E-state index in [1.54, 1.807) is 12.1 Å². The molecule has 0 unspecified atom stereocenters. The Kier molecular flexibility index (Phi) is 11.6. The van der Waals surface area contributed by atoms with Crippen molar-refractivity contribution in [1.82, 2.24) is 10.6 Å². The molecule has 0 fully saturated rings. The van der Waals surface area contributed by atoms with E-state index in [0.717, 1.165) is 24.8 Å². The summed E-state index contributed by atoms with van der Waals surface area (Å²) >= 11 is 5.93. The molecule has 0 aliphatic rings. The number of rotatable bonds is 7. The average Bonchev–Trinajstić information content (AvgIpc) is 2.38. The fourth-order valence-corrected chi connectivity index (χ4v) is 2.41. The first kappa shape index (κ1) is 23.9. The number of unbranched alkanes of at least 4 members (excludes halogenated alkanes) is 2. The molecule has 9 heteroatoms. The summed E-state index contributed by atoms with van der Waals surface area (Å²) in [5.41, 5.74) is 11.0. The van der Waals surface area contributed by atoms with Crippen LogP contribution in [0.2, 0.25) is 5.02 Å². The Morgan fingerprint density at radius 1 is 1.04 bits per heavy atom. The standard InChI is InChI=1S/C14H23ClN6.2ClH/c1-2-3-4-9-14(20-12(16)17,21-13(18)19)10-5-7-11(15)8-6-10;;/h5-8H,2-4,9H2,1H3,(H4,16,17,20)(H4,18,19,21);2*1H. The van der Waals surface area contributed by atoms with Gasteiger partial charge >= 0.3 is 0 Å². The summed E-state index contributed by atoms with van der Waals surface area (Å²) in [6.07, 6.45) is 3.65. The molecular weight excluding hydrogens is 359 g/mol. The zero-order valence-corrected chi connectivity index (χ0v) is 15.4. The van der Waals surface area contributed by atoms with Crippen LogP contribution in [-0.4, -0.2) is 11.9 Å². The zero-order valence-electron chi connectivity index (χ0n) is 13.0. The molecule has 1 aromatic carbocycles. The van der Waals surface area contributed by atoms with E-state index in [4.69, 9.17) is 33.9 Å². The minimum absolute atomic E-state index is 0. The lowest BCUT2D eigenvalue weighted by Gasteiger charge is -2.37. The van der Waals surface area contributed by atoms with Crippen LogP contribution in [-0.2, 0) is 5.66 Å². The van der Waals surface area contributed by atoms with E-state index in [1.165, 1.54) is 0 Å². The van der Waals surface area contributed by atoms with Crippen LogP contribution in [0.1, 0.15) is 38.2 Å². The molecule has 0 atom stereocenters. The summed E-state index contributed by atoms with van der Waals surface area (Å²) in [7, 11) is 0. The first-order valence-electron chi connectivity index (χ1n) is 6.90. The average molecular weight is 384 g/mol. The number of hydrogen-bond acceptors (Lipinski definition) is 2. The van der Waals surface area contributed by atoms with Crippen molar-refractivity contribution < 1.29 is 0 Å². The van der Waals surface area contributed by atoms with Gasteiger partial charge in [0.2, 0.25) is 0 Å². The number of benzene rings is 1. The molecule has 1 aromatic rings. The number of nitrogens with one attached hydrogen (secondary N) is 4. The summed E-state index contributed by atoms with van der Waals surface area (Å²) in [5.74, 6) is -0.370. The van der Waals surface area contributed by atoms with E-state index in [9.17, 15) is 0 Å². The number of hydrogen-bond donors (Lipinski definition) is 6. The first-order chi connectivity index (χ1) is 9.89. The van der Waals surface area contributed by atoms with E-state index < -0.39 is 5.66 Å². The zero-order chi connectivity index (χ0) is 15.9. The molecule has 0 aliphatic carbocycles. The van der Waals surface area contributed by atoms with E-state index in [-0.39, 0.29) is 36.7 Å². The number of nitrogens with two attached hydrogens (primary N) is 2. The Labute approximate surface area is 154 Å². The summed E-state index contributed by atoms with van der Waals surface area (Å²) in [4.78, 5) is 0. The third kappa shape index (κ3) is 7.63. The van der Waals surface area contributed by atoms with E-state index in [1.807, 2.05) is 12.1 Å². The van der Waals surface area contributed by atoms with Gasteiger partial charge in [0.05, 0.1) is 0 Å². The lowest BCUT2D eigenvalue weighted by atomic mass is 9.92. The minimum Gasteiger partial charge on any atom is -0.370 e. The molecule has 23 heavy (non-hydrogen) atoms. The van der Waals surface area contributed by atoms with Crippen LogP contribution in [0.5, 0.6) is 0 Å². The summed E-state index contributed by atoms with van der Waals surface area (Å²) < 4.78 is 0. The van der Waals surface area contributed by atoms with Gasteiger partial charge in [-0.15, -0.1) is 24.8 Å². The third-order valence-electron chi connectivity index (χ3n) is 3.19. The van der Waals surface area contributed by atoms with Crippen LogP contribution in [0, 0.1) is 10.8 Å². The SMILES string of the molecule is CCCCCC(NC(=N)N)(NC(=N)N)c1ccc(Cl)cc1.Cl.Cl. The molecule has 0 aromatic heterocycles. The maximum atomic E-state index is 7.56. The van der Waals surface area contributed by atoms with Gasteiger partial charge in [-0.2, -0.15) is 0 Å². The lowest BCUT2D eigenvalue weighted by molar-refractivity contribution is 0.315. The Morgan fingerprint density at radius 3 is 1.91 bits per heavy atom. The maximum Gasteiger partial charge on any atom is 0.187 e. The molecule has 0 amide bonds. The van der Waals surface area contributed by atoms with Crippen LogP contribution < -0.4 is 22.1 Å². The largest absolute Gasteiger partial charge is 0.370 e. The second kappa shape index (κ2) is 11.2. The fourth-order valence-electron chi connectivity index (χ4n) is 2.28. The maximum absolute atomic E-state index is 7.56. The topological polar surface area (TPSA) is 124 Å². The molecule has 6 nitrogen and oxygen atoms in total. The second-order valence-corrected chi connectivity index (χ2v) is 5.38. The molecule has 0 aliphatic heterocycles. The summed E-state index contributed by atoms with van der Waals surface area (Å²) in [6, 6.07) is 7.19. The van der Waals surface area contributed by atoms with Gasteiger partial charge in [0.15, 0.2) is 11.9 Å². The van der Waals surface area contributed by atoms with Crippen molar-refractivity contribution in [1.29, 1.82) is 10.8 Å². The Morgan fingerprint density at radius 2 is 1.52 bits per heavy atom. The van der Waals surface area contributed by atoms with Gasteiger partial charge < -0.3 is 22.1 Å². The fraction of sp³-hybridized carbons (Fsp3) is 0.429. The van der Waals surface area contributed by atoms with Crippen molar-refractivity contribution in [3.8, 4) is 0 Å². The monoisotopic (exact) mass is 382 g/mol. The van der Waals surface area contributed by atoms with Gasteiger partial charge in [-0.25, -0.2) is 0 Å². The molecule has 0 bridgehead atoms. The molecule has 0 saturated heterocycles. The Bertz CT molecular complexity index is 476. The summed E-state index contributed by atoms with van der Waals surface area (Å²) in [6.45, 7) is 2.11. The minimum atomic E-state index is -0.878. The molecule has 1 rings (SSSR count). The highest BCUT2D eigenvalue weighted by Gasteiger charge is 2.32. The normalized spacial score (nSPS) is 12.1. The van der Waals surface area contributed by atoms with E-state index >= 15 is 0 Å². The third-order valence-corrected chi connectivity index (χ3v) is 3.44. The predicted molar refractivity (Wildman–Crippen MR) is 102 cm³/mol. The van der Waals surface area contributed by atoms with Crippen molar-refractivity contribution in [3.05, 3.63) is 34.9 Å². The van der Waals surface area contributed by atoms with Crippen molar-refractivity contribution in [2.45, 2.75) is 38.3 Å². The molecule has 0 saturated carbocycles. The highest BCUT2D eigenvalue weighted by Crippen LogP contribution is 2.26. The quantitative estimate of drug-likeness (QED) is 0.187. The molecule has 8 N–H and O–H groups in total. The molecule has 0 heterocycles. The first-order valence-corrected chi connectivity index (χ1v) is 7.28. The molecule has 0 spiro atoms. The van der Waals surface area contributed by atoms with Gasteiger partial charge in [-0.05, 0) is 30.5 Å². The van der Waals surface area contributed by atoms with E-state index in [0.29, 0.717) is 11.4 Å². The Hall–Kier alpha value is -1.37. The van der Waals surface area contributed by atoms with Crippen LogP contribution in [0.25, 0.3) is 0 Å². The number of guanidine groups is 2. The van der Waals surface area contributed by atoms with Gasteiger partial charge in [0, 0.05) is 5.02 Å². The Balaban J connectivity index is 0. The molecule has 132 valence electrons. The predicted octanol–water partition coefficient (Wildman–Crippen LogP) is 2.88. The van der Waals surface area contributed by atoms with Gasteiger partial charge in [0.25, 0.3) is 0 Å². The van der Waals surface area contributed by atoms with Crippen molar-refractivity contribution in [3.63, 3.8) is 0 Å². The van der Waals surface area contributed by atoms with Gasteiger partial charge in [0.1, 0.15) is 5.66 Å². The van der Waals surface area contributed by atoms with E-state index in [2.05, 4.69) is 17.6 Å². The number of halogens is 3. The second-order valence-electron chi connectivity index (χ2n) is 4.95. The van der Waals surface area contributed by atoms with Gasteiger partial charge in [-0.3, -0.25) is 10.8 Å². The smallest absolute Gasteiger partial charge is 0.187 e. The van der Waals surface area contributed by atoms with Crippen molar-refractivity contribution in [2.24, 2.45) is 11.5 Å². The van der Waals surface area contributed by atoms with Crippen molar-refractivity contribution in [2.75, 3.05) is 0 Å². The summed E-state index contributed by atoms with van der Waals surface area (Å²) in [5, 5.41) is 21.5. The van der Waals surface area contributed by atoms with Crippen LogP contribution in [0.15, 0.2) is 24.3 Å². The molecule has 0 radical (unpaired) electrons. The van der Waals surface area contributed by atoms with Crippen LogP contribution >= 0.6 is 36.4 Å². The van der Waals surface area contributed by atoms with Crippen molar-refractivity contribution >= 4 is 48.3 Å². The van der Waals surface area contributed by atoms with Gasteiger partial charge in [-0.1, -0.05) is 43.5 Å². The highest BCUT2D eigenvalue weighted by molar-refractivity contribution is 6.30. The molecular formula is C14H25Cl3N6.